The lowest BCUT2D eigenvalue weighted by atomic mass is 10.0. The monoisotopic (exact) mass is 232 g/mol. The van der Waals surface area contributed by atoms with Gasteiger partial charge in [-0.3, -0.25) is 4.79 Å². The minimum atomic E-state index is -0.805. The molecule has 0 amide bonds. The molecule has 0 aliphatic carbocycles. The Hall–Kier alpha value is -1.81. The number of aryl methyl sites for hydroxylation is 1. The van der Waals surface area contributed by atoms with Gasteiger partial charge in [-0.15, -0.1) is 0 Å². The molecule has 3 N–H and O–H groups in total. The number of aliphatic carboxylic acids is 1. The van der Waals surface area contributed by atoms with E-state index in [1.165, 1.54) is 5.39 Å². The first-order valence-electron chi connectivity index (χ1n) is 5.60. The van der Waals surface area contributed by atoms with Gasteiger partial charge in [-0.05, 0) is 29.5 Å². The smallest absolute Gasteiger partial charge is 0.303 e. The van der Waals surface area contributed by atoms with Crippen molar-refractivity contribution in [1.29, 1.82) is 0 Å². The van der Waals surface area contributed by atoms with E-state index in [1.54, 1.807) is 0 Å². The number of aromatic nitrogens is 1. The second-order valence-electron chi connectivity index (χ2n) is 4.28. The van der Waals surface area contributed by atoms with Crippen molar-refractivity contribution >= 4 is 16.9 Å². The zero-order chi connectivity index (χ0) is 12.4. The molecule has 1 heterocycles. The van der Waals surface area contributed by atoms with Crippen molar-refractivity contribution in [2.45, 2.75) is 18.9 Å². The molecule has 4 nitrogen and oxygen atoms in total. The summed E-state index contributed by atoms with van der Waals surface area (Å²) in [6.45, 7) is 0. The van der Waals surface area contributed by atoms with E-state index < -0.39 is 5.97 Å². The Balaban J connectivity index is 2.23. The Morgan fingerprint density at radius 1 is 1.47 bits per heavy atom. The van der Waals surface area contributed by atoms with E-state index in [2.05, 4.69) is 0 Å². The molecule has 0 bridgehead atoms. The SMILES string of the molecule is Cn1ccc2ccc(C(N)CCC(=O)O)cc21. The first kappa shape index (κ1) is 11.7. The lowest BCUT2D eigenvalue weighted by Crippen LogP contribution is -2.12. The summed E-state index contributed by atoms with van der Waals surface area (Å²) in [5.41, 5.74) is 8.09. The van der Waals surface area contributed by atoms with E-state index in [0.717, 1.165) is 11.1 Å². The summed E-state index contributed by atoms with van der Waals surface area (Å²) in [5.74, 6) is -0.805. The van der Waals surface area contributed by atoms with Crippen molar-refractivity contribution in [1.82, 2.24) is 4.57 Å². The number of carboxylic acids is 1. The van der Waals surface area contributed by atoms with Crippen LogP contribution in [0.2, 0.25) is 0 Å². The largest absolute Gasteiger partial charge is 0.481 e. The van der Waals surface area contributed by atoms with Crippen LogP contribution in [-0.4, -0.2) is 15.6 Å². The third-order valence-corrected chi connectivity index (χ3v) is 3.01. The average molecular weight is 232 g/mol. The van der Waals surface area contributed by atoms with Crippen molar-refractivity contribution in [2.24, 2.45) is 12.8 Å². The second-order valence-corrected chi connectivity index (χ2v) is 4.28. The number of carbonyl (C=O) groups is 1. The van der Waals surface area contributed by atoms with Crippen molar-refractivity contribution < 1.29 is 9.90 Å². The molecule has 17 heavy (non-hydrogen) atoms. The van der Waals surface area contributed by atoms with E-state index in [-0.39, 0.29) is 12.5 Å². The van der Waals surface area contributed by atoms with Crippen molar-refractivity contribution in [3.63, 3.8) is 0 Å². The summed E-state index contributed by atoms with van der Waals surface area (Å²) in [5, 5.41) is 9.80. The normalized spacial score (nSPS) is 12.8. The van der Waals surface area contributed by atoms with Gasteiger partial charge in [0, 0.05) is 31.2 Å². The van der Waals surface area contributed by atoms with Crippen molar-refractivity contribution in [2.75, 3.05) is 0 Å². The van der Waals surface area contributed by atoms with Crippen LogP contribution in [0.5, 0.6) is 0 Å². The number of nitrogens with two attached hydrogens (primary N) is 1. The van der Waals surface area contributed by atoms with Gasteiger partial charge in [0.1, 0.15) is 0 Å². The van der Waals surface area contributed by atoms with Crippen LogP contribution >= 0.6 is 0 Å². The van der Waals surface area contributed by atoms with E-state index in [9.17, 15) is 4.79 Å². The predicted molar refractivity (Wildman–Crippen MR) is 66.7 cm³/mol. The number of hydrogen-bond donors (Lipinski definition) is 2. The Morgan fingerprint density at radius 3 is 2.94 bits per heavy atom. The van der Waals surface area contributed by atoms with Crippen LogP contribution in [0.15, 0.2) is 30.5 Å². The molecule has 0 saturated heterocycles. The molecule has 1 aromatic carbocycles. The van der Waals surface area contributed by atoms with Crippen LogP contribution < -0.4 is 5.73 Å². The minimum Gasteiger partial charge on any atom is -0.481 e. The molecule has 0 aliphatic rings. The number of rotatable bonds is 4. The molecule has 1 unspecified atom stereocenters. The van der Waals surface area contributed by atoms with Crippen LogP contribution in [0.1, 0.15) is 24.4 Å². The maximum atomic E-state index is 10.5. The van der Waals surface area contributed by atoms with E-state index in [1.807, 2.05) is 42.1 Å². The number of benzene rings is 1. The molecule has 0 saturated carbocycles. The molecule has 2 aromatic rings. The molecule has 0 fully saturated rings. The summed E-state index contributed by atoms with van der Waals surface area (Å²) in [6.07, 6.45) is 2.56. The Bertz CT molecular complexity index is 545. The molecule has 0 aliphatic heterocycles. The highest BCUT2D eigenvalue weighted by Crippen LogP contribution is 2.22. The zero-order valence-corrected chi connectivity index (χ0v) is 9.76. The Morgan fingerprint density at radius 2 is 2.24 bits per heavy atom. The first-order valence-corrected chi connectivity index (χ1v) is 5.60. The summed E-state index contributed by atoms with van der Waals surface area (Å²) in [6, 6.07) is 7.84. The molecule has 0 radical (unpaired) electrons. The highest BCUT2D eigenvalue weighted by atomic mass is 16.4. The van der Waals surface area contributed by atoms with Gasteiger partial charge in [-0.2, -0.15) is 0 Å². The van der Waals surface area contributed by atoms with Crippen LogP contribution in [0.3, 0.4) is 0 Å². The summed E-state index contributed by atoms with van der Waals surface area (Å²) in [4.78, 5) is 10.5. The highest BCUT2D eigenvalue weighted by Gasteiger charge is 2.09. The fourth-order valence-electron chi connectivity index (χ4n) is 1.96. The minimum absolute atomic E-state index is 0.104. The number of carboxylic acid groups (broad SMARTS) is 1. The lowest BCUT2D eigenvalue weighted by molar-refractivity contribution is -0.137. The highest BCUT2D eigenvalue weighted by molar-refractivity contribution is 5.80. The average Bonchev–Trinajstić information content (AvgIpc) is 2.67. The zero-order valence-electron chi connectivity index (χ0n) is 9.76. The summed E-state index contributed by atoms with van der Waals surface area (Å²) < 4.78 is 2.03. The number of hydrogen-bond acceptors (Lipinski definition) is 2. The summed E-state index contributed by atoms with van der Waals surface area (Å²) >= 11 is 0. The van der Waals surface area contributed by atoms with Gasteiger partial charge < -0.3 is 15.4 Å². The molecule has 1 atom stereocenters. The molecular weight excluding hydrogens is 216 g/mol. The van der Waals surface area contributed by atoms with Crippen molar-refractivity contribution in [3.05, 3.63) is 36.0 Å². The predicted octanol–water partition coefficient (Wildman–Crippen LogP) is 2.04. The van der Waals surface area contributed by atoms with Gasteiger partial charge >= 0.3 is 5.97 Å². The quantitative estimate of drug-likeness (QED) is 0.847. The van der Waals surface area contributed by atoms with Gasteiger partial charge in [0.05, 0.1) is 0 Å². The Kier molecular flexibility index (Phi) is 3.15. The molecule has 0 spiro atoms. The topological polar surface area (TPSA) is 68.2 Å². The van der Waals surface area contributed by atoms with Gasteiger partial charge in [0.25, 0.3) is 0 Å². The van der Waals surface area contributed by atoms with E-state index in [0.29, 0.717) is 6.42 Å². The number of fused-ring (bicyclic) bond motifs is 1. The second kappa shape index (κ2) is 4.59. The van der Waals surface area contributed by atoms with Gasteiger partial charge in [-0.1, -0.05) is 12.1 Å². The fraction of sp³-hybridized carbons (Fsp3) is 0.308. The molecular formula is C13H16N2O2. The van der Waals surface area contributed by atoms with Crippen LogP contribution in [0, 0.1) is 0 Å². The van der Waals surface area contributed by atoms with Gasteiger partial charge in [-0.25, -0.2) is 0 Å². The lowest BCUT2D eigenvalue weighted by Gasteiger charge is -2.11. The third-order valence-electron chi connectivity index (χ3n) is 3.01. The molecule has 90 valence electrons. The first-order chi connectivity index (χ1) is 8.08. The van der Waals surface area contributed by atoms with Gasteiger partial charge in [0.2, 0.25) is 0 Å². The summed E-state index contributed by atoms with van der Waals surface area (Å²) in [7, 11) is 1.98. The molecule has 2 rings (SSSR count). The van der Waals surface area contributed by atoms with Crippen LogP contribution in [-0.2, 0) is 11.8 Å². The Labute approximate surface area is 99.7 Å². The van der Waals surface area contributed by atoms with E-state index in [4.69, 9.17) is 10.8 Å². The van der Waals surface area contributed by atoms with Crippen LogP contribution in [0.4, 0.5) is 0 Å². The standard InChI is InChI=1S/C13H16N2O2/c1-15-7-6-9-2-3-10(8-12(9)15)11(14)4-5-13(16)17/h2-3,6-8,11H,4-5,14H2,1H3,(H,16,17). The third kappa shape index (κ3) is 2.47. The maximum absolute atomic E-state index is 10.5. The maximum Gasteiger partial charge on any atom is 0.303 e. The van der Waals surface area contributed by atoms with E-state index >= 15 is 0 Å². The molecule has 1 aromatic heterocycles. The fourth-order valence-corrected chi connectivity index (χ4v) is 1.96. The number of nitrogens with zero attached hydrogens (tertiary/aromatic N) is 1. The van der Waals surface area contributed by atoms with Crippen LogP contribution in [0.25, 0.3) is 10.9 Å². The molecule has 4 heteroatoms. The van der Waals surface area contributed by atoms with Gasteiger partial charge in [0.15, 0.2) is 0 Å². The van der Waals surface area contributed by atoms with Crippen molar-refractivity contribution in [3.8, 4) is 0 Å².